The first-order valence-corrected chi connectivity index (χ1v) is 5.79. The average molecular weight is 263 g/mol. The molecule has 3 heteroatoms. The number of anilines is 1. The standard InChI is InChI=1S/C12H11BrN2/c13-7-10-6-12(14)15-8-11(10)9-4-2-1-3-5-9/h1-6,8H,7H2,(H2,14,15). The first-order valence-electron chi connectivity index (χ1n) is 4.67. The van der Waals surface area contributed by atoms with Gasteiger partial charge in [-0.15, -0.1) is 0 Å². The second-order valence-electron chi connectivity index (χ2n) is 3.27. The lowest BCUT2D eigenvalue weighted by atomic mass is 10.0. The van der Waals surface area contributed by atoms with Gasteiger partial charge in [-0.05, 0) is 17.2 Å². The van der Waals surface area contributed by atoms with Crippen LogP contribution in [0.15, 0.2) is 42.6 Å². The van der Waals surface area contributed by atoms with Crippen LogP contribution < -0.4 is 5.73 Å². The number of nitrogens with zero attached hydrogens (tertiary/aromatic N) is 1. The predicted octanol–water partition coefficient (Wildman–Crippen LogP) is 3.23. The van der Waals surface area contributed by atoms with Crippen LogP contribution in [0, 0.1) is 0 Å². The molecule has 2 aromatic rings. The van der Waals surface area contributed by atoms with Gasteiger partial charge in [-0.25, -0.2) is 4.98 Å². The summed E-state index contributed by atoms with van der Waals surface area (Å²) in [6.07, 6.45) is 1.82. The van der Waals surface area contributed by atoms with Gasteiger partial charge in [0.1, 0.15) is 5.82 Å². The van der Waals surface area contributed by atoms with Crippen molar-refractivity contribution >= 4 is 21.7 Å². The van der Waals surface area contributed by atoms with E-state index in [1.54, 1.807) is 0 Å². The lowest BCUT2D eigenvalue weighted by Gasteiger charge is -2.07. The number of halogens is 1. The van der Waals surface area contributed by atoms with Crippen LogP contribution in [0.2, 0.25) is 0 Å². The van der Waals surface area contributed by atoms with E-state index in [1.165, 1.54) is 5.56 Å². The quantitative estimate of drug-likeness (QED) is 0.845. The third kappa shape index (κ3) is 2.18. The molecule has 76 valence electrons. The summed E-state index contributed by atoms with van der Waals surface area (Å²) in [6, 6.07) is 12.1. The van der Waals surface area contributed by atoms with Gasteiger partial charge in [-0.2, -0.15) is 0 Å². The molecule has 0 saturated carbocycles. The fourth-order valence-corrected chi connectivity index (χ4v) is 1.97. The first kappa shape index (κ1) is 10.2. The number of hydrogen-bond acceptors (Lipinski definition) is 2. The van der Waals surface area contributed by atoms with Crippen molar-refractivity contribution in [1.29, 1.82) is 0 Å². The fraction of sp³-hybridized carbons (Fsp3) is 0.0833. The summed E-state index contributed by atoms with van der Waals surface area (Å²) in [5.74, 6) is 0.559. The van der Waals surface area contributed by atoms with Crippen LogP contribution in [0.5, 0.6) is 0 Å². The Morgan fingerprint density at radius 3 is 2.60 bits per heavy atom. The lowest BCUT2D eigenvalue weighted by molar-refractivity contribution is 1.29. The number of benzene rings is 1. The minimum absolute atomic E-state index is 0.559. The van der Waals surface area contributed by atoms with Crippen molar-refractivity contribution < 1.29 is 0 Å². The molecule has 1 aromatic carbocycles. The van der Waals surface area contributed by atoms with Crippen LogP contribution in [0.4, 0.5) is 5.82 Å². The summed E-state index contributed by atoms with van der Waals surface area (Å²) in [5, 5.41) is 0.782. The Bertz CT molecular complexity index is 454. The zero-order valence-corrected chi connectivity index (χ0v) is 9.74. The summed E-state index contributed by atoms with van der Waals surface area (Å²) in [5.41, 5.74) is 9.10. The average Bonchev–Trinajstić information content (AvgIpc) is 2.30. The summed E-state index contributed by atoms with van der Waals surface area (Å²) < 4.78 is 0. The van der Waals surface area contributed by atoms with Crippen LogP contribution in [-0.4, -0.2) is 4.98 Å². The van der Waals surface area contributed by atoms with E-state index < -0.39 is 0 Å². The van der Waals surface area contributed by atoms with E-state index in [0.29, 0.717) is 5.82 Å². The second kappa shape index (κ2) is 4.45. The Morgan fingerprint density at radius 1 is 1.20 bits per heavy atom. The maximum absolute atomic E-state index is 5.65. The van der Waals surface area contributed by atoms with Gasteiger partial charge in [0.15, 0.2) is 0 Å². The second-order valence-corrected chi connectivity index (χ2v) is 3.83. The van der Waals surface area contributed by atoms with Crippen LogP contribution in [0.1, 0.15) is 5.56 Å². The molecule has 0 atom stereocenters. The van der Waals surface area contributed by atoms with Crippen molar-refractivity contribution in [2.45, 2.75) is 5.33 Å². The number of aromatic nitrogens is 1. The largest absolute Gasteiger partial charge is 0.384 e. The molecule has 0 aliphatic rings. The van der Waals surface area contributed by atoms with Gasteiger partial charge in [-0.3, -0.25) is 0 Å². The molecular weight excluding hydrogens is 252 g/mol. The number of hydrogen-bond donors (Lipinski definition) is 1. The molecule has 2 N–H and O–H groups in total. The minimum Gasteiger partial charge on any atom is -0.384 e. The van der Waals surface area contributed by atoms with Crippen molar-refractivity contribution in [2.75, 3.05) is 5.73 Å². The molecule has 0 spiro atoms. The monoisotopic (exact) mass is 262 g/mol. The van der Waals surface area contributed by atoms with Crippen LogP contribution in [0.3, 0.4) is 0 Å². The highest BCUT2D eigenvalue weighted by Gasteiger charge is 2.04. The van der Waals surface area contributed by atoms with Crippen molar-refractivity contribution in [3.8, 4) is 11.1 Å². The zero-order valence-electron chi connectivity index (χ0n) is 8.15. The maximum atomic E-state index is 5.65. The SMILES string of the molecule is Nc1cc(CBr)c(-c2ccccc2)cn1. The Labute approximate surface area is 97.3 Å². The third-order valence-electron chi connectivity index (χ3n) is 2.24. The van der Waals surface area contributed by atoms with Crippen molar-refractivity contribution in [1.82, 2.24) is 4.98 Å². The molecule has 0 aliphatic heterocycles. The minimum atomic E-state index is 0.559. The Kier molecular flexibility index (Phi) is 3.02. The normalized spacial score (nSPS) is 10.2. The Balaban J connectivity index is 2.53. The van der Waals surface area contributed by atoms with Gasteiger partial charge in [0.2, 0.25) is 0 Å². The number of pyridine rings is 1. The first-order chi connectivity index (χ1) is 7.31. The predicted molar refractivity (Wildman–Crippen MR) is 66.7 cm³/mol. The summed E-state index contributed by atoms with van der Waals surface area (Å²) in [7, 11) is 0. The molecule has 0 amide bonds. The molecule has 0 bridgehead atoms. The van der Waals surface area contributed by atoms with Gasteiger partial charge in [-0.1, -0.05) is 46.3 Å². The van der Waals surface area contributed by atoms with Crippen molar-refractivity contribution in [2.24, 2.45) is 0 Å². The van der Waals surface area contributed by atoms with Gasteiger partial charge in [0.05, 0.1) is 0 Å². The molecule has 2 nitrogen and oxygen atoms in total. The number of rotatable bonds is 2. The molecule has 0 saturated heterocycles. The summed E-state index contributed by atoms with van der Waals surface area (Å²) in [4.78, 5) is 4.12. The number of nitrogen functional groups attached to an aromatic ring is 1. The van der Waals surface area contributed by atoms with E-state index in [-0.39, 0.29) is 0 Å². The van der Waals surface area contributed by atoms with Gasteiger partial charge in [0.25, 0.3) is 0 Å². The maximum Gasteiger partial charge on any atom is 0.123 e. The van der Waals surface area contributed by atoms with E-state index >= 15 is 0 Å². The van der Waals surface area contributed by atoms with Crippen LogP contribution in [0.25, 0.3) is 11.1 Å². The fourth-order valence-electron chi connectivity index (χ4n) is 1.50. The molecular formula is C12H11BrN2. The Morgan fingerprint density at radius 2 is 1.93 bits per heavy atom. The zero-order chi connectivity index (χ0) is 10.7. The van der Waals surface area contributed by atoms with E-state index in [9.17, 15) is 0 Å². The number of alkyl halides is 1. The van der Waals surface area contributed by atoms with Crippen molar-refractivity contribution in [3.63, 3.8) is 0 Å². The Hall–Kier alpha value is -1.35. The van der Waals surface area contributed by atoms with E-state index in [4.69, 9.17) is 5.73 Å². The highest BCUT2D eigenvalue weighted by molar-refractivity contribution is 9.08. The molecule has 1 aromatic heterocycles. The van der Waals surface area contributed by atoms with Gasteiger partial charge >= 0.3 is 0 Å². The topological polar surface area (TPSA) is 38.9 Å². The highest BCUT2D eigenvalue weighted by Crippen LogP contribution is 2.25. The summed E-state index contributed by atoms with van der Waals surface area (Å²) >= 11 is 3.46. The van der Waals surface area contributed by atoms with Crippen LogP contribution in [-0.2, 0) is 5.33 Å². The van der Waals surface area contributed by atoms with Gasteiger partial charge in [0, 0.05) is 17.1 Å². The van der Waals surface area contributed by atoms with Crippen LogP contribution >= 0.6 is 15.9 Å². The van der Waals surface area contributed by atoms with Gasteiger partial charge < -0.3 is 5.73 Å². The molecule has 0 fully saturated rings. The molecule has 0 unspecified atom stereocenters. The highest BCUT2D eigenvalue weighted by atomic mass is 79.9. The lowest BCUT2D eigenvalue weighted by Crippen LogP contribution is -1.94. The molecule has 0 radical (unpaired) electrons. The van der Waals surface area contributed by atoms with E-state index in [0.717, 1.165) is 16.5 Å². The molecule has 1 heterocycles. The molecule has 15 heavy (non-hydrogen) atoms. The molecule has 0 aliphatic carbocycles. The smallest absolute Gasteiger partial charge is 0.123 e. The van der Waals surface area contributed by atoms with E-state index in [2.05, 4.69) is 33.0 Å². The third-order valence-corrected chi connectivity index (χ3v) is 2.84. The number of nitrogens with two attached hydrogens (primary N) is 1. The van der Waals surface area contributed by atoms with E-state index in [1.807, 2.05) is 30.5 Å². The van der Waals surface area contributed by atoms with Crippen molar-refractivity contribution in [3.05, 3.63) is 48.2 Å². The molecule has 2 rings (SSSR count). The summed E-state index contributed by atoms with van der Waals surface area (Å²) in [6.45, 7) is 0.